The molecule has 0 unspecified atom stereocenters. The maximum atomic E-state index is 13.6. The predicted octanol–water partition coefficient (Wildman–Crippen LogP) is 3.65. The maximum Gasteiger partial charge on any atom is 0.272 e. The molecule has 7 nitrogen and oxygen atoms in total. The van der Waals surface area contributed by atoms with E-state index in [0.717, 1.165) is 5.56 Å². The molecule has 0 bridgehead atoms. The van der Waals surface area contributed by atoms with Gasteiger partial charge in [-0.05, 0) is 56.2 Å². The summed E-state index contributed by atoms with van der Waals surface area (Å²) in [6, 6.07) is 14.5. The van der Waals surface area contributed by atoms with E-state index in [4.69, 9.17) is 4.74 Å². The van der Waals surface area contributed by atoms with E-state index < -0.39 is 10.0 Å². The zero-order valence-electron chi connectivity index (χ0n) is 18.0. The van der Waals surface area contributed by atoms with Crippen molar-refractivity contribution in [3.63, 3.8) is 0 Å². The van der Waals surface area contributed by atoms with Crippen molar-refractivity contribution in [2.24, 2.45) is 7.05 Å². The number of aromatic nitrogens is 1. The van der Waals surface area contributed by atoms with E-state index in [-0.39, 0.29) is 10.8 Å². The molecule has 31 heavy (non-hydrogen) atoms. The molecule has 0 aliphatic carbocycles. The normalized spacial score (nSPS) is 13.2. The fraction of sp³-hybridized carbons (Fsp3) is 0.261. The summed E-state index contributed by atoms with van der Waals surface area (Å²) in [7, 11) is -0.530. The molecule has 1 N–H and O–H groups in total. The number of para-hydroxylation sites is 1. The van der Waals surface area contributed by atoms with Gasteiger partial charge in [-0.3, -0.25) is 9.10 Å². The Bertz CT molecular complexity index is 1260. The number of rotatable bonds is 5. The van der Waals surface area contributed by atoms with Gasteiger partial charge in [0.05, 0.1) is 12.8 Å². The zero-order valence-corrected chi connectivity index (χ0v) is 18.8. The van der Waals surface area contributed by atoms with Gasteiger partial charge in [0, 0.05) is 30.5 Å². The molecular weight excluding hydrogens is 414 g/mol. The Balaban J connectivity index is 1.71. The molecule has 1 aliphatic heterocycles. The molecule has 0 saturated heterocycles. The second-order valence-corrected chi connectivity index (χ2v) is 9.38. The van der Waals surface area contributed by atoms with Crippen LogP contribution in [0.4, 0.5) is 11.4 Å². The Morgan fingerprint density at radius 1 is 1.06 bits per heavy atom. The average molecular weight is 440 g/mol. The van der Waals surface area contributed by atoms with Crippen LogP contribution >= 0.6 is 0 Å². The van der Waals surface area contributed by atoms with E-state index in [0.29, 0.717) is 47.0 Å². The third kappa shape index (κ3) is 3.46. The lowest BCUT2D eigenvalue weighted by atomic mass is 10.2. The molecule has 4 rings (SSSR count). The number of hydrogen-bond acceptors (Lipinski definition) is 4. The summed E-state index contributed by atoms with van der Waals surface area (Å²) in [6.07, 6.45) is 0.672. The van der Waals surface area contributed by atoms with E-state index >= 15 is 0 Å². The van der Waals surface area contributed by atoms with Gasteiger partial charge in [0.15, 0.2) is 0 Å². The summed E-state index contributed by atoms with van der Waals surface area (Å²) in [6.45, 7) is 3.81. The molecule has 162 valence electrons. The van der Waals surface area contributed by atoms with Crippen LogP contribution in [0.1, 0.15) is 27.3 Å². The molecule has 3 aromatic rings. The number of sulfonamides is 1. The van der Waals surface area contributed by atoms with Crippen molar-refractivity contribution in [1.29, 1.82) is 0 Å². The van der Waals surface area contributed by atoms with Crippen molar-refractivity contribution in [3.8, 4) is 5.75 Å². The Kier molecular flexibility index (Phi) is 5.26. The molecule has 0 spiro atoms. The highest BCUT2D eigenvalue weighted by Crippen LogP contribution is 2.36. The van der Waals surface area contributed by atoms with Crippen molar-refractivity contribution < 1.29 is 17.9 Å². The van der Waals surface area contributed by atoms with Crippen LogP contribution in [0.3, 0.4) is 0 Å². The highest BCUT2D eigenvalue weighted by molar-refractivity contribution is 7.93. The van der Waals surface area contributed by atoms with Gasteiger partial charge >= 0.3 is 0 Å². The van der Waals surface area contributed by atoms with Crippen molar-refractivity contribution in [2.45, 2.75) is 25.2 Å². The van der Waals surface area contributed by atoms with Gasteiger partial charge in [0.25, 0.3) is 15.9 Å². The number of nitrogens with one attached hydrogen (secondary N) is 1. The summed E-state index contributed by atoms with van der Waals surface area (Å²) in [5.74, 6) is 0.319. The number of anilines is 2. The monoisotopic (exact) mass is 439 g/mol. The van der Waals surface area contributed by atoms with Crippen molar-refractivity contribution in [3.05, 3.63) is 71.0 Å². The zero-order chi connectivity index (χ0) is 22.3. The summed E-state index contributed by atoms with van der Waals surface area (Å²) >= 11 is 0. The lowest BCUT2D eigenvalue weighted by molar-refractivity contribution is 0.101. The predicted molar refractivity (Wildman–Crippen MR) is 121 cm³/mol. The van der Waals surface area contributed by atoms with Crippen molar-refractivity contribution in [2.75, 3.05) is 23.3 Å². The van der Waals surface area contributed by atoms with Crippen LogP contribution < -0.4 is 14.4 Å². The Morgan fingerprint density at radius 3 is 2.42 bits per heavy atom. The highest BCUT2D eigenvalue weighted by Gasteiger charge is 2.36. The molecule has 1 aliphatic rings. The van der Waals surface area contributed by atoms with E-state index in [9.17, 15) is 13.2 Å². The number of fused-ring (bicyclic) bond motifs is 1. The summed E-state index contributed by atoms with van der Waals surface area (Å²) in [5, 5.41) is 2.84. The number of amides is 1. The van der Waals surface area contributed by atoms with E-state index in [1.165, 1.54) is 4.31 Å². The van der Waals surface area contributed by atoms with Gasteiger partial charge in [0.1, 0.15) is 16.3 Å². The smallest absolute Gasteiger partial charge is 0.272 e. The maximum absolute atomic E-state index is 13.6. The van der Waals surface area contributed by atoms with Crippen LogP contribution in [0.5, 0.6) is 5.75 Å². The van der Waals surface area contributed by atoms with Crippen molar-refractivity contribution in [1.82, 2.24) is 4.57 Å². The minimum atomic E-state index is -3.81. The SMILES string of the molecule is COc1ccc(NC(=O)c2c(C)c(S(=O)(=O)N3CCc4ccccc43)c(C)n2C)cc1. The Hall–Kier alpha value is -3.26. The number of benzene rings is 2. The Morgan fingerprint density at radius 2 is 1.74 bits per heavy atom. The molecule has 0 atom stereocenters. The number of carbonyl (C=O) groups is 1. The molecular formula is C23H25N3O4S. The molecule has 8 heteroatoms. The molecule has 0 fully saturated rings. The first-order valence-electron chi connectivity index (χ1n) is 9.97. The fourth-order valence-corrected chi connectivity index (χ4v) is 6.17. The topological polar surface area (TPSA) is 80.6 Å². The third-order valence-electron chi connectivity index (χ3n) is 5.82. The van der Waals surface area contributed by atoms with Crippen LogP contribution in [0.25, 0.3) is 0 Å². The van der Waals surface area contributed by atoms with E-state index in [1.54, 1.807) is 56.8 Å². The van der Waals surface area contributed by atoms with Gasteiger partial charge in [-0.1, -0.05) is 18.2 Å². The molecule has 1 aromatic heterocycles. The molecule has 0 saturated carbocycles. The van der Waals surface area contributed by atoms with Crippen LogP contribution in [-0.2, 0) is 23.5 Å². The first-order valence-corrected chi connectivity index (χ1v) is 11.4. The largest absolute Gasteiger partial charge is 0.497 e. The van der Waals surface area contributed by atoms with Gasteiger partial charge in [0.2, 0.25) is 0 Å². The minimum Gasteiger partial charge on any atom is -0.497 e. The average Bonchev–Trinajstić information content (AvgIpc) is 3.28. The van der Waals surface area contributed by atoms with Crippen molar-refractivity contribution >= 4 is 27.3 Å². The second kappa shape index (κ2) is 7.77. The molecule has 2 heterocycles. The molecule has 0 radical (unpaired) electrons. The van der Waals surface area contributed by atoms with E-state index in [1.807, 2.05) is 24.3 Å². The van der Waals surface area contributed by atoms with Crippen LogP contribution in [0.15, 0.2) is 53.4 Å². The number of hydrogen-bond donors (Lipinski definition) is 1. The fourth-order valence-electron chi connectivity index (χ4n) is 4.19. The van der Waals surface area contributed by atoms with Gasteiger partial charge in [-0.25, -0.2) is 8.42 Å². The van der Waals surface area contributed by atoms with Crippen LogP contribution in [0.2, 0.25) is 0 Å². The van der Waals surface area contributed by atoms with Gasteiger partial charge < -0.3 is 14.6 Å². The molecule has 2 aromatic carbocycles. The lowest BCUT2D eigenvalue weighted by Gasteiger charge is -2.20. The minimum absolute atomic E-state index is 0.187. The lowest BCUT2D eigenvalue weighted by Crippen LogP contribution is -2.30. The van der Waals surface area contributed by atoms with Gasteiger partial charge in [-0.15, -0.1) is 0 Å². The second-order valence-electron chi connectivity index (χ2n) is 7.59. The van der Waals surface area contributed by atoms with E-state index in [2.05, 4.69) is 5.32 Å². The van der Waals surface area contributed by atoms with Gasteiger partial charge in [-0.2, -0.15) is 0 Å². The summed E-state index contributed by atoms with van der Waals surface area (Å²) < 4.78 is 35.5. The number of nitrogens with zero attached hydrogens (tertiary/aromatic N) is 2. The number of methoxy groups -OCH3 is 1. The van der Waals surface area contributed by atoms with Crippen LogP contribution in [-0.4, -0.2) is 32.5 Å². The quantitative estimate of drug-likeness (QED) is 0.658. The first kappa shape index (κ1) is 21.0. The number of ether oxygens (including phenoxy) is 1. The standard InChI is InChI=1S/C23H25N3O4S/c1-15-21(23(27)24-18-9-11-19(30-4)12-10-18)25(3)16(2)22(15)31(28,29)26-14-13-17-7-5-6-8-20(17)26/h5-12H,13-14H2,1-4H3,(H,24,27). The molecule has 1 amide bonds. The highest BCUT2D eigenvalue weighted by atomic mass is 32.2. The third-order valence-corrected chi connectivity index (χ3v) is 7.90. The van der Waals surface area contributed by atoms with Crippen LogP contribution in [0, 0.1) is 13.8 Å². The first-order chi connectivity index (χ1) is 14.8. The summed E-state index contributed by atoms with van der Waals surface area (Å²) in [5.41, 5.74) is 3.60. The number of carbonyl (C=O) groups excluding carboxylic acids is 1. The Labute approximate surface area is 182 Å². The summed E-state index contributed by atoms with van der Waals surface area (Å²) in [4.78, 5) is 13.2.